The minimum atomic E-state index is -0.503. The zero-order chi connectivity index (χ0) is 13.7. The molecular weight excluding hydrogens is 242 g/mol. The number of carbonyl (C=O) groups is 1. The summed E-state index contributed by atoms with van der Waals surface area (Å²) in [6.45, 7) is 4.94. The van der Waals surface area contributed by atoms with E-state index in [1.165, 1.54) is 38.5 Å². The normalized spacial score (nSPS) is 28.0. The van der Waals surface area contributed by atoms with E-state index >= 15 is 0 Å². The summed E-state index contributed by atoms with van der Waals surface area (Å²) in [4.78, 5) is 11.9. The van der Waals surface area contributed by atoms with Crippen molar-refractivity contribution in [3.8, 4) is 0 Å². The van der Waals surface area contributed by atoms with Crippen LogP contribution in [0.4, 0.5) is 0 Å². The molecule has 0 spiro atoms. The molecule has 0 radical (unpaired) electrons. The van der Waals surface area contributed by atoms with Crippen LogP contribution in [0.15, 0.2) is 0 Å². The molecule has 1 saturated heterocycles. The van der Waals surface area contributed by atoms with Gasteiger partial charge in [-0.3, -0.25) is 4.79 Å². The average Bonchev–Trinajstić information content (AvgIpc) is 2.55. The van der Waals surface area contributed by atoms with E-state index in [9.17, 15) is 4.79 Å². The molecule has 1 N–H and O–H groups in total. The van der Waals surface area contributed by atoms with Gasteiger partial charge >= 0.3 is 0 Å². The van der Waals surface area contributed by atoms with E-state index in [0.29, 0.717) is 25.5 Å². The number of amides is 1. The van der Waals surface area contributed by atoms with Crippen LogP contribution in [-0.4, -0.2) is 30.9 Å². The molecule has 1 saturated carbocycles. The Hall–Kier alpha value is -0.610. The third kappa shape index (κ3) is 5.11. The molecular formula is C15H27NO3. The van der Waals surface area contributed by atoms with Gasteiger partial charge in [0.2, 0.25) is 5.91 Å². The lowest BCUT2D eigenvalue weighted by atomic mass is 9.96. The topological polar surface area (TPSA) is 47.6 Å². The lowest BCUT2D eigenvalue weighted by molar-refractivity contribution is -0.139. The molecule has 2 fully saturated rings. The third-order valence-electron chi connectivity index (χ3n) is 4.04. The third-order valence-corrected chi connectivity index (χ3v) is 4.04. The standard InChI is InChI=1S/C15H27NO3/c1-15(2)18-11-13(19-15)10-16-14(17)9-12-7-5-3-4-6-8-12/h12-13H,3-11H2,1-2H3,(H,16,17). The smallest absolute Gasteiger partial charge is 0.220 e. The summed E-state index contributed by atoms with van der Waals surface area (Å²) < 4.78 is 11.2. The van der Waals surface area contributed by atoms with Crippen LogP contribution in [-0.2, 0) is 14.3 Å². The molecule has 1 aliphatic heterocycles. The number of nitrogens with one attached hydrogen (secondary N) is 1. The van der Waals surface area contributed by atoms with E-state index in [2.05, 4.69) is 5.32 Å². The molecule has 1 amide bonds. The molecule has 2 rings (SSSR count). The fourth-order valence-corrected chi connectivity index (χ4v) is 2.99. The Morgan fingerprint density at radius 3 is 2.47 bits per heavy atom. The number of rotatable bonds is 4. The molecule has 4 heteroatoms. The quantitative estimate of drug-likeness (QED) is 0.798. The van der Waals surface area contributed by atoms with E-state index in [1.807, 2.05) is 13.8 Å². The van der Waals surface area contributed by atoms with Crippen molar-refractivity contribution in [1.82, 2.24) is 5.32 Å². The van der Waals surface area contributed by atoms with Crippen molar-refractivity contribution in [1.29, 1.82) is 0 Å². The fourth-order valence-electron chi connectivity index (χ4n) is 2.99. The first kappa shape index (κ1) is 14.8. The summed E-state index contributed by atoms with van der Waals surface area (Å²) in [7, 11) is 0. The van der Waals surface area contributed by atoms with Crippen LogP contribution < -0.4 is 5.32 Å². The highest BCUT2D eigenvalue weighted by Crippen LogP contribution is 2.25. The van der Waals surface area contributed by atoms with Crippen LogP contribution >= 0.6 is 0 Å². The first-order valence-electron chi connectivity index (χ1n) is 7.64. The van der Waals surface area contributed by atoms with E-state index in [1.54, 1.807) is 0 Å². The van der Waals surface area contributed by atoms with Crippen molar-refractivity contribution < 1.29 is 14.3 Å². The van der Waals surface area contributed by atoms with Crippen molar-refractivity contribution in [2.45, 2.75) is 70.7 Å². The van der Waals surface area contributed by atoms with Crippen LogP contribution in [0.25, 0.3) is 0 Å². The molecule has 0 bridgehead atoms. The van der Waals surface area contributed by atoms with Crippen LogP contribution in [0.1, 0.15) is 58.8 Å². The summed E-state index contributed by atoms with van der Waals surface area (Å²) in [6, 6.07) is 0. The molecule has 0 aromatic heterocycles. The molecule has 1 aliphatic carbocycles. The summed E-state index contributed by atoms with van der Waals surface area (Å²) in [6.07, 6.45) is 8.33. The molecule has 1 heterocycles. The monoisotopic (exact) mass is 269 g/mol. The van der Waals surface area contributed by atoms with Crippen LogP contribution in [0.5, 0.6) is 0 Å². The minimum absolute atomic E-state index is 0.00640. The van der Waals surface area contributed by atoms with Gasteiger partial charge in [0.05, 0.1) is 6.61 Å². The van der Waals surface area contributed by atoms with Gasteiger partial charge in [0.15, 0.2) is 5.79 Å². The molecule has 19 heavy (non-hydrogen) atoms. The molecule has 110 valence electrons. The Balaban J connectivity index is 1.64. The first-order chi connectivity index (χ1) is 9.05. The maximum absolute atomic E-state index is 11.9. The molecule has 0 aromatic carbocycles. The Morgan fingerprint density at radius 1 is 1.21 bits per heavy atom. The number of hydrogen-bond acceptors (Lipinski definition) is 3. The molecule has 0 aromatic rings. The van der Waals surface area contributed by atoms with E-state index < -0.39 is 5.79 Å². The predicted octanol–water partition coefficient (Wildman–Crippen LogP) is 2.61. The Kier molecular flexibility index (Phi) is 5.22. The van der Waals surface area contributed by atoms with E-state index in [0.717, 1.165) is 0 Å². The van der Waals surface area contributed by atoms with Crippen LogP contribution in [0, 0.1) is 5.92 Å². The predicted molar refractivity (Wildman–Crippen MR) is 73.7 cm³/mol. The molecule has 4 nitrogen and oxygen atoms in total. The second-order valence-corrected chi connectivity index (χ2v) is 6.32. The van der Waals surface area contributed by atoms with Crippen LogP contribution in [0.2, 0.25) is 0 Å². The van der Waals surface area contributed by atoms with E-state index in [4.69, 9.17) is 9.47 Å². The largest absolute Gasteiger partial charge is 0.353 e. The zero-order valence-electron chi connectivity index (χ0n) is 12.2. The Morgan fingerprint density at radius 2 is 1.89 bits per heavy atom. The maximum Gasteiger partial charge on any atom is 0.220 e. The van der Waals surface area contributed by atoms with Gasteiger partial charge in [-0.2, -0.15) is 0 Å². The Labute approximate surface area is 116 Å². The summed E-state index contributed by atoms with van der Waals surface area (Å²) in [5.74, 6) is 0.247. The summed E-state index contributed by atoms with van der Waals surface area (Å²) in [5, 5.41) is 2.99. The highest BCUT2D eigenvalue weighted by Gasteiger charge is 2.32. The second kappa shape index (κ2) is 6.71. The second-order valence-electron chi connectivity index (χ2n) is 6.32. The zero-order valence-corrected chi connectivity index (χ0v) is 12.2. The van der Waals surface area contributed by atoms with Crippen molar-refractivity contribution in [2.24, 2.45) is 5.92 Å². The van der Waals surface area contributed by atoms with Crippen molar-refractivity contribution in [3.63, 3.8) is 0 Å². The van der Waals surface area contributed by atoms with Crippen molar-refractivity contribution >= 4 is 5.91 Å². The van der Waals surface area contributed by atoms with Crippen molar-refractivity contribution in [2.75, 3.05) is 13.2 Å². The lowest BCUT2D eigenvalue weighted by Crippen LogP contribution is -2.35. The van der Waals surface area contributed by atoms with Crippen molar-refractivity contribution in [3.05, 3.63) is 0 Å². The minimum Gasteiger partial charge on any atom is -0.353 e. The van der Waals surface area contributed by atoms with Crippen LogP contribution in [0.3, 0.4) is 0 Å². The first-order valence-corrected chi connectivity index (χ1v) is 7.64. The number of hydrogen-bond donors (Lipinski definition) is 1. The molecule has 1 unspecified atom stereocenters. The van der Waals surface area contributed by atoms with Gasteiger partial charge in [-0.15, -0.1) is 0 Å². The Bertz CT molecular complexity index is 296. The van der Waals surface area contributed by atoms with Gasteiger partial charge in [0, 0.05) is 13.0 Å². The summed E-state index contributed by atoms with van der Waals surface area (Å²) >= 11 is 0. The SMILES string of the molecule is CC1(C)OCC(CNC(=O)CC2CCCCCC2)O1. The highest BCUT2D eigenvalue weighted by molar-refractivity contribution is 5.76. The van der Waals surface area contributed by atoms with Gasteiger partial charge in [-0.05, 0) is 32.6 Å². The lowest BCUT2D eigenvalue weighted by Gasteiger charge is -2.18. The average molecular weight is 269 g/mol. The molecule has 2 aliphatic rings. The van der Waals surface area contributed by atoms with Gasteiger partial charge in [0.1, 0.15) is 6.10 Å². The number of ether oxygens (including phenoxy) is 2. The highest BCUT2D eigenvalue weighted by atomic mass is 16.7. The number of carbonyl (C=O) groups excluding carboxylic acids is 1. The summed E-state index contributed by atoms with van der Waals surface area (Å²) in [5.41, 5.74) is 0. The maximum atomic E-state index is 11.9. The molecule has 1 atom stereocenters. The van der Waals surface area contributed by atoms with E-state index in [-0.39, 0.29) is 12.0 Å². The van der Waals surface area contributed by atoms with Gasteiger partial charge in [0.25, 0.3) is 0 Å². The van der Waals surface area contributed by atoms with Gasteiger partial charge < -0.3 is 14.8 Å². The van der Waals surface area contributed by atoms with Gasteiger partial charge in [-0.1, -0.05) is 25.7 Å². The fraction of sp³-hybridized carbons (Fsp3) is 0.933. The van der Waals surface area contributed by atoms with Gasteiger partial charge in [-0.25, -0.2) is 0 Å².